The number of nitrogens with zero attached hydrogens (tertiary/aromatic N) is 1. The van der Waals surface area contributed by atoms with Crippen molar-refractivity contribution in [2.45, 2.75) is 68.2 Å². The van der Waals surface area contributed by atoms with Crippen LogP contribution in [-0.4, -0.2) is 38.8 Å². The Labute approximate surface area is 174 Å². The van der Waals surface area contributed by atoms with Crippen LogP contribution in [0, 0.1) is 17.8 Å². The number of carboxylic acid groups (broad SMARTS) is 1. The molecule has 2 fully saturated rings. The summed E-state index contributed by atoms with van der Waals surface area (Å²) in [5, 5.41) is 20.6. The topological polar surface area (TPSA) is 87.5 Å². The Hall–Kier alpha value is -1.18. The molecule has 3 rings (SSSR count). The number of aromatic carboxylic acids is 1. The lowest BCUT2D eigenvalue weighted by atomic mass is 9.81. The van der Waals surface area contributed by atoms with Crippen molar-refractivity contribution in [2.75, 3.05) is 5.75 Å². The van der Waals surface area contributed by atoms with Crippen LogP contribution in [0.25, 0.3) is 0 Å². The van der Waals surface area contributed by atoms with Crippen LogP contribution >= 0.6 is 23.1 Å². The minimum Gasteiger partial charge on any atom is -0.476 e. The Bertz CT molecular complexity index is 698. The number of hydrogen-bond acceptors (Lipinski definition) is 6. The number of rotatable bonds is 11. The highest BCUT2D eigenvalue weighted by molar-refractivity contribution is 8.01. The molecule has 0 saturated heterocycles. The molecule has 0 bridgehead atoms. The monoisotopic (exact) mass is 423 g/mol. The molecule has 0 radical (unpaired) electrons. The maximum Gasteiger partial charge on any atom is 0.355 e. The van der Waals surface area contributed by atoms with Crippen molar-refractivity contribution in [3.05, 3.63) is 23.2 Å². The van der Waals surface area contributed by atoms with Gasteiger partial charge in [-0.25, -0.2) is 9.78 Å². The summed E-state index contributed by atoms with van der Waals surface area (Å²) in [5.41, 5.74) is 0.0844. The molecule has 28 heavy (non-hydrogen) atoms. The molecule has 2 saturated carbocycles. The number of aliphatic hydroxyl groups is 1. The minimum absolute atomic E-state index is 0.0368. The van der Waals surface area contributed by atoms with E-state index >= 15 is 0 Å². The minimum atomic E-state index is -1.01. The number of aliphatic hydroxyl groups excluding tert-OH is 1. The number of allylic oxidation sites excluding steroid dienone is 1. The Morgan fingerprint density at radius 1 is 1.36 bits per heavy atom. The Balaban J connectivity index is 1.39. The van der Waals surface area contributed by atoms with E-state index < -0.39 is 5.97 Å². The first-order valence-electron chi connectivity index (χ1n) is 10.2. The van der Waals surface area contributed by atoms with Crippen molar-refractivity contribution >= 4 is 34.9 Å². The number of hydrogen-bond donors (Lipinski definition) is 2. The van der Waals surface area contributed by atoms with Gasteiger partial charge in [-0.2, -0.15) is 0 Å². The predicted octanol–water partition coefficient (Wildman–Crippen LogP) is 4.81. The highest BCUT2D eigenvalue weighted by Gasteiger charge is 2.32. The summed E-state index contributed by atoms with van der Waals surface area (Å²) in [4.78, 5) is 27.2. The van der Waals surface area contributed by atoms with Crippen molar-refractivity contribution in [3.63, 3.8) is 0 Å². The number of carbonyl (C=O) groups is 2. The van der Waals surface area contributed by atoms with E-state index in [9.17, 15) is 14.7 Å². The highest BCUT2D eigenvalue weighted by atomic mass is 32.2. The number of thioether (sulfide) groups is 1. The SMILES string of the molecule is O=C(O)c1csc(SCC[C@H]2C(=O)CC[C@@H]2C=CC[C@@H](O)CCC2CCC2)n1. The van der Waals surface area contributed by atoms with Crippen molar-refractivity contribution in [1.29, 1.82) is 0 Å². The molecule has 1 aromatic heterocycles. The average Bonchev–Trinajstić information content (AvgIpc) is 3.22. The quantitative estimate of drug-likeness (QED) is 0.392. The average molecular weight is 424 g/mol. The molecule has 0 aliphatic heterocycles. The van der Waals surface area contributed by atoms with Crippen molar-refractivity contribution in [2.24, 2.45) is 17.8 Å². The lowest BCUT2D eigenvalue weighted by molar-refractivity contribution is -0.121. The smallest absolute Gasteiger partial charge is 0.355 e. The van der Waals surface area contributed by atoms with Gasteiger partial charge in [-0.05, 0) is 43.9 Å². The van der Waals surface area contributed by atoms with Gasteiger partial charge < -0.3 is 10.2 Å². The molecular weight excluding hydrogens is 394 g/mol. The van der Waals surface area contributed by atoms with Crippen molar-refractivity contribution < 1.29 is 19.8 Å². The van der Waals surface area contributed by atoms with E-state index in [2.05, 4.69) is 17.1 Å². The summed E-state index contributed by atoms with van der Waals surface area (Å²) in [6.07, 6.45) is 12.9. The normalized spacial score (nSPS) is 24.0. The molecule has 1 heterocycles. The molecule has 5 nitrogen and oxygen atoms in total. The first kappa shape index (κ1) is 21.5. The van der Waals surface area contributed by atoms with Crippen LogP contribution in [0.3, 0.4) is 0 Å². The van der Waals surface area contributed by atoms with Crippen LogP contribution in [-0.2, 0) is 4.79 Å². The van der Waals surface area contributed by atoms with Gasteiger partial charge in [0.15, 0.2) is 10.0 Å². The number of aromatic nitrogens is 1. The van der Waals surface area contributed by atoms with Gasteiger partial charge in [-0.15, -0.1) is 11.3 Å². The zero-order chi connectivity index (χ0) is 19.9. The molecule has 0 amide bonds. The Kier molecular flexibility index (Phi) is 8.11. The molecule has 154 valence electrons. The summed E-state index contributed by atoms with van der Waals surface area (Å²) in [6, 6.07) is 0. The fraction of sp³-hybridized carbons (Fsp3) is 0.667. The molecule has 7 heteroatoms. The first-order valence-corrected chi connectivity index (χ1v) is 12.1. The largest absolute Gasteiger partial charge is 0.476 e. The van der Waals surface area contributed by atoms with Crippen LogP contribution in [0.5, 0.6) is 0 Å². The van der Waals surface area contributed by atoms with Gasteiger partial charge in [0.2, 0.25) is 0 Å². The van der Waals surface area contributed by atoms with Gasteiger partial charge >= 0.3 is 5.97 Å². The molecule has 0 unspecified atom stereocenters. The summed E-state index contributed by atoms with van der Waals surface area (Å²) >= 11 is 2.86. The van der Waals surface area contributed by atoms with Crippen LogP contribution in [0.4, 0.5) is 0 Å². The molecule has 2 aliphatic carbocycles. The molecule has 0 spiro atoms. The van der Waals surface area contributed by atoms with E-state index in [4.69, 9.17) is 5.11 Å². The standard InChI is InChI=1S/C21H29NO4S2/c23-16(9-7-14-3-1-4-14)6-2-5-15-8-10-19(24)17(15)11-12-27-21-22-18(13-28-21)20(25)26/h2,5,13-17,23H,1,3-4,6-12H2,(H,25,26)/t15-,16+,17+/m0/s1. The van der Waals surface area contributed by atoms with E-state index in [-0.39, 0.29) is 23.6 Å². The van der Waals surface area contributed by atoms with Gasteiger partial charge in [0, 0.05) is 23.5 Å². The third-order valence-electron chi connectivity index (χ3n) is 5.94. The maximum absolute atomic E-state index is 12.3. The predicted molar refractivity (Wildman–Crippen MR) is 112 cm³/mol. The van der Waals surface area contributed by atoms with E-state index in [0.29, 0.717) is 18.6 Å². The van der Waals surface area contributed by atoms with E-state index in [1.807, 2.05) is 0 Å². The second-order valence-electron chi connectivity index (χ2n) is 7.91. The van der Waals surface area contributed by atoms with Crippen LogP contribution in [0.1, 0.15) is 68.3 Å². The van der Waals surface area contributed by atoms with Crippen molar-refractivity contribution in [3.8, 4) is 0 Å². The fourth-order valence-corrected chi connectivity index (χ4v) is 5.87. The van der Waals surface area contributed by atoms with Crippen LogP contribution in [0.15, 0.2) is 21.9 Å². The molecule has 3 atom stereocenters. The molecule has 0 aromatic carbocycles. The number of ketones is 1. The van der Waals surface area contributed by atoms with Gasteiger partial charge in [-0.3, -0.25) is 4.79 Å². The van der Waals surface area contributed by atoms with E-state index in [1.54, 1.807) is 5.38 Å². The molecule has 2 aliphatic rings. The second kappa shape index (κ2) is 10.6. The molecule has 2 N–H and O–H groups in total. The van der Waals surface area contributed by atoms with Gasteiger partial charge in [-0.1, -0.05) is 43.2 Å². The third kappa shape index (κ3) is 6.16. The third-order valence-corrected chi connectivity index (χ3v) is 7.99. The van der Waals surface area contributed by atoms with Crippen molar-refractivity contribution in [1.82, 2.24) is 4.98 Å². The first-order chi connectivity index (χ1) is 13.5. The molecular formula is C21H29NO4S2. The zero-order valence-electron chi connectivity index (χ0n) is 16.1. The second-order valence-corrected chi connectivity index (χ2v) is 10.1. The highest BCUT2D eigenvalue weighted by Crippen LogP contribution is 2.35. The summed E-state index contributed by atoms with van der Waals surface area (Å²) in [5.74, 6) is 1.21. The zero-order valence-corrected chi connectivity index (χ0v) is 17.7. The summed E-state index contributed by atoms with van der Waals surface area (Å²) in [7, 11) is 0. The number of thiazole rings is 1. The van der Waals surface area contributed by atoms with Gasteiger partial charge in [0.25, 0.3) is 0 Å². The van der Waals surface area contributed by atoms with Crippen LogP contribution in [0.2, 0.25) is 0 Å². The number of carboxylic acids is 1. The van der Waals surface area contributed by atoms with E-state index in [0.717, 1.165) is 41.7 Å². The Morgan fingerprint density at radius 3 is 2.86 bits per heavy atom. The fourth-order valence-electron chi connectivity index (χ4n) is 3.97. The van der Waals surface area contributed by atoms with Gasteiger partial charge in [0.1, 0.15) is 5.78 Å². The lowest BCUT2D eigenvalue weighted by Crippen LogP contribution is -2.15. The van der Waals surface area contributed by atoms with E-state index in [1.165, 1.54) is 42.4 Å². The van der Waals surface area contributed by atoms with Gasteiger partial charge in [0.05, 0.1) is 6.10 Å². The molecule has 1 aromatic rings. The number of carbonyl (C=O) groups excluding carboxylic acids is 1. The summed E-state index contributed by atoms with van der Waals surface area (Å²) in [6.45, 7) is 0. The Morgan fingerprint density at radius 2 is 2.18 bits per heavy atom. The van der Waals surface area contributed by atoms with Crippen LogP contribution < -0.4 is 0 Å². The number of Topliss-reactive ketones (excluding diaryl/α,β-unsaturated/α-hetero) is 1. The lowest BCUT2D eigenvalue weighted by Gasteiger charge is -2.25. The summed E-state index contributed by atoms with van der Waals surface area (Å²) < 4.78 is 0.740. The maximum atomic E-state index is 12.3.